The number of rotatable bonds is 14. The van der Waals surface area contributed by atoms with E-state index in [0.29, 0.717) is 61.5 Å². The third-order valence-electron chi connectivity index (χ3n) is 14.6. The average molecular weight is 1050 g/mol. The summed E-state index contributed by atoms with van der Waals surface area (Å²) in [7, 11) is -1.24. The summed E-state index contributed by atoms with van der Waals surface area (Å²) in [6, 6.07) is 12.4. The fraction of sp³-hybridized carbons (Fsp3) is 0.471. The summed E-state index contributed by atoms with van der Waals surface area (Å²) in [4.78, 5) is 47.2. The van der Waals surface area contributed by atoms with Crippen molar-refractivity contribution in [1.82, 2.24) is 30.1 Å². The molecule has 3 aromatic carbocycles. The van der Waals surface area contributed by atoms with Crippen molar-refractivity contribution in [3.8, 4) is 5.75 Å². The summed E-state index contributed by atoms with van der Waals surface area (Å²) in [6.07, 6.45) is 8.97. The van der Waals surface area contributed by atoms with E-state index in [1.54, 1.807) is 38.8 Å². The number of carbonyl (C=O) groups is 2. The number of benzene rings is 3. The molecule has 4 aliphatic heterocycles. The fourth-order valence-electron chi connectivity index (χ4n) is 10.8. The Balaban J connectivity index is 0.754. The second-order valence-corrected chi connectivity index (χ2v) is 23.4. The summed E-state index contributed by atoms with van der Waals surface area (Å²) in [6.45, 7) is 14.1. The van der Waals surface area contributed by atoms with E-state index in [2.05, 4.69) is 75.6 Å². The van der Waals surface area contributed by atoms with Crippen LogP contribution in [0.4, 0.5) is 47.7 Å². The van der Waals surface area contributed by atoms with Crippen molar-refractivity contribution in [1.29, 1.82) is 0 Å². The van der Waals surface area contributed by atoms with Gasteiger partial charge in [0.05, 0.1) is 40.6 Å². The first-order chi connectivity index (χ1) is 33.6. The number of aromatic nitrogens is 3. The van der Waals surface area contributed by atoms with Gasteiger partial charge in [-0.25, -0.2) is 18.2 Å². The summed E-state index contributed by atoms with van der Waals surface area (Å²) < 4.78 is 64.9. The first-order valence-electron chi connectivity index (χ1n) is 24.4. The molecule has 372 valence electrons. The molecule has 0 aliphatic carbocycles. The number of piperazine rings is 1. The van der Waals surface area contributed by atoms with E-state index in [-0.39, 0.29) is 18.4 Å². The highest BCUT2D eigenvalue weighted by Crippen LogP contribution is 2.43. The number of anilines is 6. The van der Waals surface area contributed by atoms with Crippen LogP contribution in [0.1, 0.15) is 68.9 Å². The third kappa shape index (κ3) is 10.9. The van der Waals surface area contributed by atoms with Gasteiger partial charge in [-0.2, -0.15) is 4.98 Å². The summed E-state index contributed by atoms with van der Waals surface area (Å²) in [5.74, 6) is -2.03. The van der Waals surface area contributed by atoms with E-state index < -0.39 is 42.3 Å². The van der Waals surface area contributed by atoms with Crippen molar-refractivity contribution >= 4 is 85.6 Å². The molecule has 2 amide bonds. The van der Waals surface area contributed by atoms with Gasteiger partial charge in [-0.1, -0.05) is 6.92 Å². The van der Waals surface area contributed by atoms with E-state index in [9.17, 15) is 18.5 Å². The van der Waals surface area contributed by atoms with Crippen LogP contribution in [0.2, 0.25) is 0 Å². The number of nitrogens with one attached hydrogen (secondary N) is 3. The summed E-state index contributed by atoms with van der Waals surface area (Å²) in [5, 5.41) is 9.87. The molecule has 5 aromatic rings. The molecule has 0 saturated carbocycles. The molecule has 4 fully saturated rings. The van der Waals surface area contributed by atoms with Crippen molar-refractivity contribution in [3.05, 3.63) is 87.9 Å². The van der Waals surface area contributed by atoms with Gasteiger partial charge in [-0.05, 0) is 129 Å². The van der Waals surface area contributed by atoms with Gasteiger partial charge in [0.2, 0.25) is 17.8 Å². The zero-order chi connectivity index (χ0) is 49.3. The Kier molecular flexibility index (Phi) is 15.0. The lowest BCUT2D eigenvalue weighted by molar-refractivity contribution is -0.134. The number of ether oxygens (including phenoxy) is 1. The van der Waals surface area contributed by atoms with Crippen LogP contribution in [0, 0.1) is 23.4 Å². The highest BCUT2D eigenvalue weighted by atomic mass is 79.9. The molecule has 2 aromatic heterocycles. The molecular weight excluding hydrogens is 984 g/mol. The second kappa shape index (κ2) is 21.2. The molecule has 19 heteroatoms. The number of aryl methyl sites for hydroxylation is 1. The highest BCUT2D eigenvalue weighted by Gasteiger charge is 2.34. The molecule has 0 spiro atoms. The molecule has 3 N–H and O–H groups in total. The Hall–Kier alpha value is -5.29. The van der Waals surface area contributed by atoms with Crippen molar-refractivity contribution < 1.29 is 32.1 Å². The Labute approximate surface area is 415 Å². The smallest absolute Gasteiger partial charge is 0.234 e. The third-order valence-corrected chi connectivity index (χ3v) is 16.7. The minimum atomic E-state index is -2.90. The number of imide groups is 1. The highest BCUT2D eigenvalue weighted by molar-refractivity contribution is 9.10. The zero-order valence-electron chi connectivity index (χ0n) is 40.2. The van der Waals surface area contributed by atoms with Crippen LogP contribution in [-0.2, 0) is 20.6 Å². The maximum Gasteiger partial charge on any atom is 0.234 e. The van der Waals surface area contributed by atoms with Crippen molar-refractivity contribution in [2.75, 3.05) is 99.8 Å². The van der Waals surface area contributed by atoms with Gasteiger partial charge >= 0.3 is 0 Å². The Bertz CT molecular complexity index is 2790. The Morgan fingerprint density at radius 1 is 0.843 bits per heavy atom. The molecule has 6 heterocycles. The maximum absolute atomic E-state index is 15.2. The first-order valence-corrected chi connectivity index (χ1v) is 27.7. The normalized spacial score (nSPS) is 19.2. The van der Waals surface area contributed by atoms with Crippen molar-refractivity contribution in [2.45, 2.75) is 70.3 Å². The molecule has 1 unspecified atom stereocenters. The first kappa shape index (κ1) is 49.7. The number of fused-ring (bicyclic) bond motifs is 1. The van der Waals surface area contributed by atoms with Crippen molar-refractivity contribution in [3.63, 3.8) is 0 Å². The summed E-state index contributed by atoms with van der Waals surface area (Å²) in [5.41, 5.74) is 4.42. The largest absolute Gasteiger partial charge is 0.494 e. The molecule has 1 atom stereocenters. The topological polar surface area (TPSA) is 148 Å². The fourth-order valence-corrected chi connectivity index (χ4v) is 12.5. The molecule has 70 heavy (non-hydrogen) atoms. The quantitative estimate of drug-likeness (QED) is 0.0719. The van der Waals surface area contributed by atoms with E-state index in [1.807, 2.05) is 4.90 Å². The molecule has 4 aliphatic rings. The summed E-state index contributed by atoms with van der Waals surface area (Å²) >= 11 is 3.57. The van der Waals surface area contributed by atoms with E-state index >= 15 is 8.78 Å². The minimum absolute atomic E-state index is 0.0664. The lowest BCUT2D eigenvalue weighted by Crippen LogP contribution is -2.53. The van der Waals surface area contributed by atoms with E-state index in [4.69, 9.17) is 9.72 Å². The monoisotopic (exact) mass is 1040 g/mol. The van der Waals surface area contributed by atoms with E-state index in [1.165, 1.54) is 29.4 Å². The molecule has 9 rings (SSSR count). The van der Waals surface area contributed by atoms with Gasteiger partial charge in [-0.15, -0.1) is 0 Å². The van der Waals surface area contributed by atoms with Crippen LogP contribution in [0.25, 0.3) is 10.9 Å². The lowest BCUT2D eigenvalue weighted by atomic mass is 9.89. The van der Waals surface area contributed by atoms with Crippen LogP contribution in [0.5, 0.6) is 5.75 Å². The Morgan fingerprint density at radius 2 is 1.56 bits per heavy atom. The standard InChI is InChI=1S/C51H61BrF3N10O4P/c1-5-32-24-43(59-51-57-30-38(52)49(61-51)58-42-8-7-41-37(25-33(53)29-56-41)48(42)70(3,4)68)45(69-2)28-44(32)65-18-13-34(14-19-65)64-22-20-62(21-23-64)15-10-31-11-16-63(17-12-31)35-26-39(54)47(40(55)27-35)36-6-9-46(66)60-50(36)67/h7-8,24-31,34,36H,5-6,9-23H2,1-4H3,(H,60,66,67)(H2,57,58,59,61). The number of amides is 2. The van der Waals surface area contributed by atoms with Crippen LogP contribution in [0.15, 0.2) is 59.3 Å². The predicted octanol–water partition coefficient (Wildman–Crippen LogP) is 8.92. The van der Waals surface area contributed by atoms with Gasteiger partial charge in [0.1, 0.15) is 36.2 Å². The van der Waals surface area contributed by atoms with Gasteiger partial charge in [0.15, 0.2) is 0 Å². The molecule has 0 radical (unpaired) electrons. The van der Waals surface area contributed by atoms with Gasteiger partial charge in [-0.3, -0.25) is 24.8 Å². The van der Waals surface area contributed by atoms with Crippen LogP contribution in [-0.4, -0.2) is 122 Å². The molecule has 4 saturated heterocycles. The average Bonchev–Trinajstić information content (AvgIpc) is 3.34. The number of methoxy groups -OCH3 is 1. The number of piperidine rings is 3. The SMILES string of the molecule is CCc1cc(Nc2ncc(Br)c(Nc3ccc4ncc(F)cc4c3P(C)(C)=O)n2)c(OC)cc1N1CCC(N2CCN(CCC3CCN(c4cc(F)c(C5CCC(=O)NC5=O)c(F)c4)CC3)CC2)CC1. The number of hydrogen-bond donors (Lipinski definition) is 3. The zero-order valence-corrected chi connectivity index (χ0v) is 42.7. The number of nitrogens with zero attached hydrogens (tertiary/aromatic N) is 7. The molecular formula is C51H61BrF3N10O4P. The minimum Gasteiger partial charge on any atom is -0.494 e. The van der Waals surface area contributed by atoms with Crippen LogP contribution in [0.3, 0.4) is 0 Å². The number of halogens is 4. The van der Waals surface area contributed by atoms with Crippen LogP contribution >= 0.6 is 23.1 Å². The van der Waals surface area contributed by atoms with Gasteiger partial charge < -0.3 is 34.6 Å². The molecule has 14 nitrogen and oxygen atoms in total. The van der Waals surface area contributed by atoms with Gasteiger partial charge in [0, 0.05) is 105 Å². The maximum atomic E-state index is 15.2. The number of carbonyl (C=O) groups excluding carboxylic acids is 2. The lowest BCUT2D eigenvalue weighted by Gasteiger charge is -2.44. The van der Waals surface area contributed by atoms with E-state index in [0.717, 1.165) is 109 Å². The van der Waals surface area contributed by atoms with Gasteiger partial charge in [0.25, 0.3) is 0 Å². The predicted molar refractivity (Wildman–Crippen MR) is 274 cm³/mol. The number of pyridine rings is 1. The second-order valence-electron chi connectivity index (χ2n) is 19.3. The van der Waals surface area contributed by atoms with Crippen LogP contribution < -0.4 is 35.8 Å². The molecule has 0 bridgehead atoms. The number of hydrogen-bond acceptors (Lipinski definition) is 13. The van der Waals surface area contributed by atoms with Crippen molar-refractivity contribution in [2.24, 2.45) is 5.92 Å². The Morgan fingerprint density at radius 3 is 2.23 bits per heavy atom.